The summed E-state index contributed by atoms with van der Waals surface area (Å²) < 4.78 is 43.4. The van der Waals surface area contributed by atoms with Crippen molar-refractivity contribution in [3.05, 3.63) is 54.1 Å². The highest BCUT2D eigenvalue weighted by Crippen LogP contribution is 2.31. The number of carbonyl (C=O) groups is 1. The molecule has 0 saturated carbocycles. The SMILES string of the molecule is O=C(NCC(O)COc1cccc(C(F)(F)F)c1)Nc1ccccc1N1CCCCC1. The molecule has 1 fully saturated rings. The summed E-state index contributed by atoms with van der Waals surface area (Å²) in [5, 5.41) is 15.4. The fraction of sp³-hybridized carbons (Fsp3) is 0.409. The average Bonchev–Trinajstić information content (AvgIpc) is 2.77. The normalized spacial score (nSPS) is 15.3. The van der Waals surface area contributed by atoms with Gasteiger partial charge in [0.2, 0.25) is 0 Å². The van der Waals surface area contributed by atoms with Crippen molar-refractivity contribution < 1.29 is 27.8 Å². The molecular weight excluding hydrogens is 411 g/mol. The number of amides is 2. The van der Waals surface area contributed by atoms with Crippen molar-refractivity contribution in [3.8, 4) is 5.75 Å². The number of nitrogens with one attached hydrogen (secondary N) is 2. The van der Waals surface area contributed by atoms with Gasteiger partial charge in [-0.25, -0.2) is 4.79 Å². The van der Waals surface area contributed by atoms with Gasteiger partial charge in [-0.15, -0.1) is 0 Å². The number of hydrogen-bond acceptors (Lipinski definition) is 4. The van der Waals surface area contributed by atoms with Crippen LogP contribution >= 0.6 is 0 Å². The molecule has 0 aliphatic carbocycles. The van der Waals surface area contributed by atoms with Crippen LogP contribution in [-0.4, -0.2) is 43.5 Å². The molecule has 0 bridgehead atoms. The van der Waals surface area contributed by atoms with Gasteiger partial charge in [-0.05, 0) is 49.6 Å². The van der Waals surface area contributed by atoms with E-state index in [2.05, 4.69) is 15.5 Å². The summed E-state index contributed by atoms with van der Waals surface area (Å²) in [6.45, 7) is 1.50. The maximum absolute atomic E-state index is 12.7. The molecule has 31 heavy (non-hydrogen) atoms. The molecular formula is C22H26F3N3O3. The number of aliphatic hydroxyl groups excluding tert-OH is 1. The first kappa shape index (κ1) is 22.7. The number of aliphatic hydroxyl groups is 1. The molecule has 1 saturated heterocycles. The third-order valence-electron chi connectivity index (χ3n) is 4.95. The molecule has 1 aliphatic rings. The Morgan fingerprint density at radius 2 is 1.84 bits per heavy atom. The summed E-state index contributed by atoms with van der Waals surface area (Å²) in [6, 6.07) is 11.5. The van der Waals surface area contributed by atoms with Gasteiger partial charge >= 0.3 is 12.2 Å². The molecule has 3 N–H and O–H groups in total. The second kappa shape index (κ2) is 10.4. The number of carbonyl (C=O) groups excluding carboxylic acids is 1. The van der Waals surface area contributed by atoms with Gasteiger partial charge in [-0.3, -0.25) is 0 Å². The molecule has 9 heteroatoms. The molecule has 2 aromatic carbocycles. The molecule has 0 aromatic heterocycles. The van der Waals surface area contributed by atoms with Crippen LogP contribution in [0, 0.1) is 0 Å². The van der Waals surface area contributed by atoms with Gasteiger partial charge in [0.05, 0.1) is 16.9 Å². The van der Waals surface area contributed by atoms with Gasteiger partial charge in [-0.2, -0.15) is 13.2 Å². The van der Waals surface area contributed by atoms with E-state index in [1.807, 2.05) is 24.3 Å². The molecule has 0 radical (unpaired) electrons. The van der Waals surface area contributed by atoms with Crippen LogP contribution in [0.15, 0.2) is 48.5 Å². The molecule has 1 aliphatic heterocycles. The van der Waals surface area contributed by atoms with Crippen LogP contribution < -0.4 is 20.3 Å². The quantitative estimate of drug-likeness (QED) is 0.605. The summed E-state index contributed by atoms with van der Waals surface area (Å²) in [4.78, 5) is 14.5. The van der Waals surface area contributed by atoms with Gasteiger partial charge in [0, 0.05) is 19.6 Å². The van der Waals surface area contributed by atoms with Crippen LogP contribution in [0.3, 0.4) is 0 Å². The number of alkyl halides is 3. The van der Waals surface area contributed by atoms with E-state index in [1.54, 1.807) is 0 Å². The third-order valence-corrected chi connectivity index (χ3v) is 4.95. The van der Waals surface area contributed by atoms with Crippen molar-refractivity contribution in [2.45, 2.75) is 31.5 Å². The Bertz CT molecular complexity index is 870. The third kappa shape index (κ3) is 6.78. The van der Waals surface area contributed by atoms with E-state index in [0.717, 1.165) is 43.8 Å². The molecule has 6 nitrogen and oxygen atoms in total. The van der Waals surface area contributed by atoms with Crippen LogP contribution in [0.5, 0.6) is 5.75 Å². The maximum atomic E-state index is 12.7. The molecule has 0 spiro atoms. The zero-order valence-electron chi connectivity index (χ0n) is 17.0. The van der Waals surface area contributed by atoms with Gasteiger partial charge in [0.25, 0.3) is 0 Å². The molecule has 1 atom stereocenters. The van der Waals surface area contributed by atoms with Gasteiger partial charge in [-0.1, -0.05) is 18.2 Å². The number of hydrogen-bond donors (Lipinski definition) is 3. The molecule has 168 valence electrons. The average molecular weight is 437 g/mol. The van der Waals surface area contributed by atoms with Crippen LogP contribution in [0.25, 0.3) is 0 Å². The van der Waals surface area contributed by atoms with Crippen LogP contribution in [-0.2, 0) is 6.18 Å². The summed E-state index contributed by atoms with van der Waals surface area (Å²) in [5.41, 5.74) is 0.798. The topological polar surface area (TPSA) is 73.8 Å². The highest BCUT2D eigenvalue weighted by atomic mass is 19.4. The Morgan fingerprint density at radius 3 is 2.58 bits per heavy atom. The number of nitrogens with zero attached hydrogens (tertiary/aromatic N) is 1. The fourth-order valence-corrected chi connectivity index (χ4v) is 3.38. The van der Waals surface area contributed by atoms with Crippen LogP contribution in [0.1, 0.15) is 24.8 Å². The van der Waals surface area contributed by atoms with E-state index >= 15 is 0 Å². The van der Waals surface area contributed by atoms with E-state index < -0.39 is 23.9 Å². The van der Waals surface area contributed by atoms with Crippen molar-refractivity contribution in [2.24, 2.45) is 0 Å². The van der Waals surface area contributed by atoms with Crippen molar-refractivity contribution in [1.82, 2.24) is 5.32 Å². The van der Waals surface area contributed by atoms with E-state index in [9.17, 15) is 23.1 Å². The lowest BCUT2D eigenvalue weighted by molar-refractivity contribution is -0.137. The monoisotopic (exact) mass is 437 g/mol. The summed E-state index contributed by atoms with van der Waals surface area (Å²) >= 11 is 0. The predicted octanol–water partition coefficient (Wildman–Crippen LogP) is 4.26. The van der Waals surface area contributed by atoms with Gasteiger partial charge in [0.15, 0.2) is 0 Å². The molecule has 2 aromatic rings. The highest BCUT2D eigenvalue weighted by Gasteiger charge is 2.30. The Morgan fingerprint density at radius 1 is 1.10 bits per heavy atom. The van der Waals surface area contributed by atoms with Crippen molar-refractivity contribution in [3.63, 3.8) is 0 Å². The Labute approximate surface area is 179 Å². The zero-order valence-corrected chi connectivity index (χ0v) is 17.0. The largest absolute Gasteiger partial charge is 0.491 e. The Balaban J connectivity index is 1.47. The standard InChI is InChI=1S/C22H26F3N3O3/c23-22(24,25)16-7-6-8-18(13-16)31-15-17(29)14-26-21(30)27-19-9-2-3-10-20(19)28-11-4-1-5-12-28/h2-3,6-10,13,17,29H,1,4-5,11-12,14-15H2,(H2,26,27,30). The maximum Gasteiger partial charge on any atom is 0.416 e. The number of benzene rings is 2. The highest BCUT2D eigenvalue weighted by molar-refractivity contribution is 5.93. The molecule has 2 amide bonds. The van der Waals surface area contributed by atoms with E-state index in [1.165, 1.54) is 18.6 Å². The minimum absolute atomic E-state index is 0.00575. The van der Waals surface area contributed by atoms with Crippen molar-refractivity contribution in [2.75, 3.05) is 36.5 Å². The smallest absolute Gasteiger partial charge is 0.416 e. The predicted molar refractivity (Wildman–Crippen MR) is 112 cm³/mol. The number of piperidine rings is 1. The van der Waals surface area contributed by atoms with Gasteiger partial charge < -0.3 is 25.4 Å². The number of ether oxygens (including phenoxy) is 1. The van der Waals surface area contributed by atoms with Gasteiger partial charge in [0.1, 0.15) is 18.5 Å². The second-order valence-electron chi connectivity index (χ2n) is 7.39. The van der Waals surface area contributed by atoms with E-state index in [0.29, 0.717) is 5.69 Å². The number of urea groups is 1. The minimum atomic E-state index is -4.47. The fourth-order valence-electron chi connectivity index (χ4n) is 3.38. The van der Waals surface area contributed by atoms with E-state index in [4.69, 9.17) is 4.74 Å². The number of halogens is 3. The van der Waals surface area contributed by atoms with Crippen LogP contribution in [0.2, 0.25) is 0 Å². The molecule has 1 unspecified atom stereocenters. The second-order valence-corrected chi connectivity index (χ2v) is 7.39. The Hall–Kier alpha value is -2.94. The zero-order chi connectivity index (χ0) is 22.3. The lowest BCUT2D eigenvalue weighted by Gasteiger charge is -2.30. The van der Waals surface area contributed by atoms with Crippen molar-refractivity contribution in [1.29, 1.82) is 0 Å². The summed E-state index contributed by atoms with van der Waals surface area (Å²) in [5.74, 6) is -0.00575. The summed E-state index contributed by atoms with van der Waals surface area (Å²) in [6.07, 6.45) is -2.13. The summed E-state index contributed by atoms with van der Waals surface area (Å²) in [7, 11) is 0. The molecule has 3 rings (SSSR count). The lowest BCUT2D eigenvalue weighted by atomic mass is 10.1. The number of anilines is 2. The van der Waals surface area contributed by atoms with E-state index in [-0.39, 0.29) is 18.9 Å². The first-order chi connectivity index (χ1) is 14.8. The van der Waals surface area contributed by atoms with Crippen LogP contribution in [0.4, 0.5) is 29.3 Å². The van der Waals surface area contributed by atoms with Crippen molar-refractivity contribution >= 4 is 17.4 Å². The minimum Gasteiger partial charge on any atom is -0.491 e. The lowest BCUT2D eigenvalue weighted by Crippen LogP contribution is -2.38. The first-order valence-corrected chi connectivity index (χ1v) is 10.2. The number of para-hydroxylation sites is 2. The number of rotatable bonds is 7. The Kier molecular flexibility index (Phi) is 7.62. The molecule has 1 heterocycles. The first-order valence-electron chi connectivity index (χ1n) is 10.2.